The van der Waals surface area contributed by atoms with E-state index in [1.54, 1.807) is 0 Å². The molecule has 0 aliphatic heterocycles. The molecule has 0 spiro atoms. The van der Waals surface area contributed by atoms with Gasteiger partial charge in [-0.1, -0.05) is 0 Å². The zero-order valence-corrected chi connectivity index (χ0v) is 15.0. The Morgan fingerprint density at radius 1 is 1.19 bits per heavy atom. The first-order valence-corrected chi connectivity index (χ1v) is 8.88. The molecule has 1 aliphatic rings. The number of carbonyl (C=O) groups excluding carboxylic acids is 1. The molecule has 1 aromatic heterocycles. The highest BCUT2D eigenvalue weighted by atomic mass is 19.1. The second kappa shape index (κ2) is 6.57. The fourth-order valence-electron chi connectivity index (χ4n) is 3.72. The second-order valence-electron chi connectivity index (χ2n) is 7.16. The Balaban J connectivity index is 1.62. The van der Waals surface area contributed by atoms with Gasteiger partial charge in [-0.25, -0.2) is 4.39 Å². The molecule has 0 saturated carbocycles. The number of halogens is 1. The number of amides is 1. The van der Waals surface area contributed by atoms with Gasteiger partial charge in [0.1, 0.15) is 5.82 Å². The predicted octanol–water partition coefficient (Wildman–Crippen LogP) is 3.98. The number of aromatic amines is 1. The minimum atomic E-state index is -0.350. The number of nitrogens with zero attached hydrogens (tertiary/aromatic N) is 1. The summed E-state index contributed by atoms with van der Waals surface area (Å²) in [6.07, 6.45) is 3.21. The molecule has 1 heterocycles. The van der Waals surface area contributed by atoms with Crippen LogP contribution in [0.15, 0.2) is 42.5 Å². The van der Waals surface area contributed by atoms with Gasteiger partial charge in [0.15, 0.2) is 0 Å². The summed E-state index contributed by atoms with van der Waals surface area (Å²) in [5.74, 6) is -0.586. The molecule has 4 nitrogen and oxygen atoms in total. The topological polar surface area (TPSA) is 48.1 Å². The maximum absolute atomic E-state index is 13.0. The standard InChI is InChI=1S/C21H22FN3O/c1-25(2)16-8-10-20-18(12-16)17-11-15(7-9-19(17)24-20)23-21(26)13-3-5-14(22)6-4-13/h3-7,9,11,16,24H,8,10,12H2,1-2H3,(H,23,26)/t16-/m1/s1. The molecule has 26 heavy (non-hydrogen) atoms. The lowest BCUT2D eigenvalue weighted by Gasteiger charge is -2.28. The molecule has 134 valence electrons. The van der Waals surface area contributed by atoms with Crippen molar-refractivity contribution in [1.82, 2.24) is 9.88 Å². The van der Waals surface area contributed by atoms with Crippen LogP contribution in [0.2, 0.25) is 0 Å². The fraction of sp³-hybridized carbons (Fsp3) is 0.286. The van der Waals surface area contributed by atoms with Crippen LogP contribution < -0.4 is 5.32 Å². The number of benzene rings is 2. The number of aromatic nitrogens is 1. The van der Waals surface area contributed by atoms with Crippen LogP contribution in [0, 0.1) is 5.82 Å². The van der Waals surface area contributed by atoms with Crippen molar-refractivity contribution in [3.8, 4) is 0 Å². The highest BCUT2D eigenvalue weighted by Crippen LogP contribution is 2.32. The van der Waals surface area contributed by atoms with E-state index in [4.69, 9.17) is 0 Å². The smallest absolute Gasteiger partial charge is 0.255 e. The molecule has 0 unspecified atom stereocenters. The number of carbonyl (C=O) groups is 1. The highest BCUT2D eigenvalue weighted by Gasteiger charge is 2.23. The summed E-state index contributed by atoms with van der Waals surface area (Å²) in [5.41, 5.74) is 4.95. The van der Waals surface area contributed by atoms with Gasteiger partial charge in [0.2, 0.25) is 0 Å². The van der Waals surface area contributed by atoms with Crippen LogP contribution in [0.3, 0.4) is 0 Å². The quantitative estimate of drug-likeness (QED) is 0.750. The minimum Gasteiger partial charge on any atom is -0.358 e. The maximum Gasteiger partial charge on any atom is 0.255 e. The van der Waals surface area contributed by atoms with Crippen LogP contribution in [-0.4, -0.2) is 35.9 Å². The number of aryl methyl sites for hydroxylation is 1. The average Bonchev–Trinajstić information content (AvgIpc) is 2.99. The number of hydrogen-bond acceptors (Lipinski definition) is 2. The predicted molar refractivity (Wildman–Crippen MR) is 102 cm³/mol. The summed E-state index contributed by atoms with van der Waals surface area (Å²) in [7, 11) is 4.25. The van der Waals surface area contributed by atoms with E-state index < -0.39 is 0 Å². The number of nitrogens with one attached hydrogen (secondary N) is 2. The molecule has 0 radical (unpaired) electrons. The van der Waals surface area contributed by atoms with Crippen molar-refractivity contribution >= 4 is 22.5 Å². The van der Waals surface area contributed by atoms with Gasteiger partial charge < -0.3 is 15.2 Å². The lowest BCUT2D eigenvalue weighted by Crippen LogP contribution is -2.33. The van der Waals surface area contributed by atoms with E-state index in [0.717, 1.165) is 30.5 Å². The molecule has 4 rings (SSSR count). The van der Waals surface area contributed by atoms with Gasteiger partial charge in [0, 0.05) is 33.9 Å². The molecule has 0 fully saturated rings. The fourth-order valence-corrected chi connectivity index (χ4v) is 3.72. The maximum atomic E-state index is 13.0. The average molecular weight is 351 g/mol. The van der Waals surface area contributed by atoms with Crippen LogP contribution in [0.5, 0.6) is 0 Å². The van der Waals surface area contributed by atoms with E-state index in [0.29, 0.717) is 11.6 Å². The van der Waals surface area contributed by atoms with Crippen LogP contribution in [0.1, 0.15) is 28.0 Å². The number of likely N-dealkylation sites (N-methyl/N-ethyl adjacent to an activating group) is 1. The third kappa shape index (κ3) is 3.10. The zero-order chi connectivity index (χ0) is 18.3. The molecule has 0 bridgehead atoms. The molecular formula is C21H22FN3O. The molecular weight excluding hydrogens is 329 g/mol. The normalized spacial score (nSPS) is 16.7. The van der Waals surface area contributed by atoms with E-state index in [-0.39, 0.29) is 11.7 Å². The molecule has 0 saturated heterocycles. The van der Waals surface area contributed by atoms with E-state index in [1.807, 2.05) is 18.2 Å². The lowest BCUT2D eigenvalue weighted by atomic mass is 9.91. The van der Waals surface area contributed by atoms with Gasteiger partial charge in [-0.05, 0) is 81.4 Å². The molecule has 5 heteroatoms. The Bertz CT molecular complexity index is 959. The van der Waals surface area contributed by atoms with Crippen molar-refractivity contribution in [3.05, 3.63) is 65.1 Å². The number of hydrogen-bond donors (Lipinski definition) is 2. The SMILES string of the molecule is CN(C)[C@@H]1CCc2[nH]c3ccc(NC(=O)c4ccc(F)cc4)cc3c2C1. The van der Waals surface area contributed by atoms with E-state index in [1.165, 1.54) is 40.9 Å². The van der Waals surface area contributed by atoms with E-state index >= 15 is 0 Å². The van der Waals surface area contributed by atoms with Crippen molar-refractivity contribution in [2.75, 3.05) is 19.4 Å². The van der Waals surface area contributed by atoms with Crippen LogP contribution in [0.25, 0.3) is 10.9 Å². The highest BCUT2D eigenvalue weighted by molar-refractivity contribution is 6.05. The zero-order valence-electron chi connectivity index (χ0n) is 15.0. The third-order valence-corrected chi connectivity index (χ3v) is 5.26. The van der Waals surface area contributed by atoms with Crippen molar-refractivity contribution in [3.63, 3.8) is 0 Å². The van der Waals surface area contributed by atoms with Gasteiger partial charge in [0.05, 0.1) is 0 Å². The van der Waals surface area contributed by atoms with E-state index in [2.05, 4.69) is 29.3 Å². The minimum absolute atomic E-state index is 0.236. The Labute approximate surface area is 152 Å². The Morgan fingerprint density at radius 3 is 2.69 bits per heavy atom. The van der Waals surface area contributed by atoms with E-state index in [9.17, 15) is 9.18 Å². The Hall–Kier alpha value is -2.66. The number of H-pyrrole nitrogens is 1. The Morgan fingerprint density at radius 2 is 1.96 bits per heavy atom. The van der Waals surface area contributed by atoms with Gasteiger partial charge in [-0.15, -0.1) is 0 Å². The summed E-state index contributed by atoms with van der Waals surface area (Å²) in [6, 6.07) is 12.0. The molecule has 2 aromatic carbocycles. The molecule has 1 aliphatic carbocycles. The van der Waals surface area contributed by atoms with Crippen molar-refractivity contribution in [2.45, 2.75) is 25.3 Å². The number of rotatable bonds is 3. The first-order valence-electron chi connectivity index (χ1n) is 8.88. The van der Waals surface area contributed by atoms with Gasteiger partial charge >= 0.3 is 0 Å². The van der Waals surface area contributed by atoms with Crippen molar-refractivity contribution in [1.29, 1.82) is 0 Å². The first-order chi connectivity index (χ1) is 12.5. The summed E-state index contributed by atoms with van der Waals surface area (Å²) >= 11 is 0. The van der Waals surface area contributed by atoms with Gasteiger partial charge in [-0.3, -0.25) is 4.79 Å². The summed E-state index contributed by atoms with van der Waals surface area (Å²) in [4.78, 5) is 18.2. The van der Waals surface area contributed by atoms with Crippen LogP contribution in [0.4, 0.5) is 10.1 Å². The van der Waals surface area contributed by atoms with Crippen LogP contribution >= 0.6 is 0 Å². The summed E-state index contributed by atoms with van der Waals surface area (Å²) in [6.45, 7) is 0. The monoisotopic (exact) mass is 351 g/mol. The lowest BCUT2D eigenvalue weighted by molar-refractivity contribution is 0.102. The molecule has 1 amide bonds. The molecule has 3 aromatic rings. The Kier molecular flexibility index (Phi) is 4.24. The molecule has 1 atom stereocenters. The summed E-state index contributed by atoms with van der Waals surface area (Å²) in [5, 5.41) is 4.08. The summed E-state index contributed by atoms with van der Waals surface area (Å²) < 4.78 is 13.0. The van der Waals surface area contributed by atoms with Crippen molar-refractivity contribution < 1.29 is 9.18 Å². The number of fused-ring (bicyclic) bond motifs is 3. The largest absolute Gasteiger partial charge is 0.358 e. The number of anilines is 1. The second-order valence-corrected chi connectivity index (χ2v) is 7.16. The van der Waals surface area contributed by atoms with Gasteiger partial charge in [0.25, 0.3) is 5.91 Å². The third-order valence-electron chi connectivity index (χ3n) is 5.26. The van der Waals surface area contributed by atoms with Gasteiger partial charge in [-0.2, -0.15) is 0 Å². The van der Waals surface area contributed by atoms with Crippen LogP contribution in [-0.2, 0) is 12.8 Å². The van der Waals surface area contributed by atoms with Crippen molar-refractivity contribution in [2.24, 2.45) is 0 Å². The molecule has 2 N–H and O–H groups in total. The first kappa shape index (κ1) is 16.8.